The molecule has 2 rings (SSSR count). The molecule has 1 amide bonds. The van der Waals surface area contributed by atoms with Gasteiger partial charge in [0.1, 0.15) is 0 Å². The third-order valence-corrected chi connectivity index (χ3v) is 3.37. The van der Waals surface area contributed by atoms with E-state index in [9.17, 15) is 4.79 Å². The zero-order chi connectivity index (χ0) is 14.0. The number of rotatable bonds is 2. The first-order valence-corrected chi connectivity index (χ1v) is 6.89. The van der Waals surface area contributed by atoms with Gasteiger partial charge in [-0.2, -0.15) is 5.10 Å². The number of hydrogen-bond acceptors (Lipinski definition) is 3. The molecule has 106 valence electrons. The Morgan fingerprint density at radius 2 is 2.00 bits per heavy atom. The largest absolute Gasteiger partial charge is 0.378 e. The molecular formula is C14H23N3O2. The minimum atomic E-state index is -0.102. The highest BCUT2D eigenvalue weighted by molar-refractivity contribution is 5.95. The Hall–Kier alpha value is -1.36. The summed E-state index contributed by atoms with van der Waals surface area (Å²) in [6.07, 6.45) is 2.52. The van der Waals surface area contributed by atoms with Crippen LogP contribution in [0.3, 0.4) is 0 Å². The summed E-state index contributed by atoms with van der Waals surface area (Å²) in [7, 11) is 0. The number of nitrogens with zero attached hydrogens (tertiary/aromatic N) is 3. The third-order valence-electron chi connectivity index (χ3n) is 3.37. The zero-order valence-corrected chi connectivity index (χ0v) is 12.3. The highest BCUT2D eigenvalue weighted by atomic mass is 16.5. The summed E-state index contributed by atoms with van der Waals surface area (Å²) in [5.74, 6) is 0.0793. The van der Waals surface area contributed by atoms with Gasteiger partial charge >= 0.3 is 0 Å². The summed E-state index contributed by atoms with van der Waals surface area (Å²) in [6, 6.07) is 0. The van der Waals surface area contributed by atoms with Gasteiger partial charge in [0.2, 0.25) is 0 Å². The SMILES string of the molecule is CCc1c(C(=O)N2CCOCC2)cnn1C(C)(C)C. The normalized spacial score (nSPS) is 16.7. The predicted molar refractivity (Wildman–Crippen MR) is 73.3 cm³/mol. The first kappa shape index (κ1) is 14.1. The molecule has 0 bridgehead atoms. The number of aromatic nitrogens is 2. The number of carbonyl (C=O) groups excluding carboxylic acids is 1. The summed E-state index contributed by atoms with van der Waals surface area (Å²) >= 11 is 0. The lowest BCUT2D eigenvalue weighted by molar-refractivity contribution is 0.0302. The average Bonchev–Trinajstić information content (AvgIpc) is 2.82. The second kappa shape index (κ2) is 5.33. The van der Waals surface area contributed by atoms with Crippen LogP contribution in [0.1, 0.15) is 43.7 Å². The van der Waals surface area contributed by atoms with Crippen LogP contribution in [0.2, 0.25) is 0 Å². The van der Waals surface area contributed by atoms with Crippen LogP contribution in [0.4, 0.5) is 0 Å². The van der Waals surface area contributed by atoms with Crippen molar-refractivity contribution in [3.8, 4) is 0 Å². The van der Waals surface area contributed by atoms with Crippen LogP contribution in [0, 0.1) is 0 Å². The Labute approximate surface area is 114 Å². The lowest BCUT2D eigenvalue weighted by Gasteiger charge is -2.27. The molecule has 5 nitrogen and oxygen atoms in total. The minimum Gasteiger partial charge on any atom is -0.378 e. The average molecular weight is 265 g/mol. The van der Waals surface area contributed by atoms with Gasteiger partial charge in [-0.05, 0) is 27.2 Å². The van der Waals surface area contributed by atoms with Gasteiger partial charge in [0, 0.05) is 13.1 Å². The van der Waals surface area contributed by atoms with Crippen LogP contribution in [-0.2, 0) is 16.7 Å². The van der Waals surface area contributed by atoms with E-state index in [0.29, 0.717) is 26.3 Å². The van der Waals surface area contributed by atoms with Crippen molar-refractivity contribution in [2.24, 2.45) is 0 Å². The molecule has 19 heavy (non-hydrogen) atoms. The van der Waals surface area contributed by atoms with E-state index in [2.05, 4.69) is 32.8 Å². The lowest BCUT2D eigenvalue weighted by Crippen LogP contribution is -2.41. The first-order valence-electron chi connectivity index (χ1n) is 6.89. The van der Waals surface area contributed by atoms with E-state index < -0.39 is 0 Å². The molecule has 1 aromatic rings. The van der Waals surface area contributed by atoms with Crippen molar-refractivity contribution < 1.29 is 9.53 Å². The Balaban J connectivity index is 2.29. The van der Waals surface area contributed by atoms with Crippen molar-refractivity contribution >= 4 is 5.91 Å². The highest BCUT2D eigenvalue weighted by Crippen LogP contribution is 2.21. The summed E-state index contributed by atoms with van der Waals surface area (Å²) in [6.45, 7) is 11.0. The van der Waals surface area contributed by atoms with Gasteiger partial charge in [-0.3, -0.25) is 9.48 Å². The maximum Gasteiger partial charge on any atom is 0.257 e. The van der Waals surface area contributed by atoms with Gasteiger partial charge in [-0.1, -0.05) is 6.92 Å². The molecular weight excluding hydrogens is 242 g/mol. The molecule has 0 saturated carbocycles. The molecule has 1 saturated heterocycles. The van der Waals surface area contributed by atoms with Gasteiger partial charge in [-0.15, -0.1) is 0 Å². The Morgan fingerprint density at radius 1 is 1.37 bits per heavy atom. The van der Waals surface area contributed by atoms with E-state index in [0.717, 1.165) is 17.7 Å². The van der Waals surface area contributed by atoms with Crippen molar-refractivity contribution in [2.75, 3.05) is 26.3 Å². The third kappa shape index (κ3) is 2.81. The summed E-state index contributed by atoms with van der Waals surface area (Å²) < 4.78 is 7.25. The molecule has 0 radical (unpaired) electrons. The van der Waals surface area contributed by atoms with Crippen molar-refractivity contribution in [1.29, 1.82) is 0 Å². The molecule has 0 aromatic carbocycles. The molecule has 0 atom stereocenters. The zero-order valence-electron chi connectivity index (χ0n) is 12.3. The van der Waals surface area contributed by atoms with E-state index in [4.69, 9.17) is 4.74 Å². The molecule has 0 N–H and O–H groups in total. The van der Waals surface area contributed by atoms with E-state index in [1.54, 1.807) is 6.20 Å². The maximum absolute atomic E-state index is 12.5. The minimum absolute atomic E-state index is 0.0793. The fourth-order valence-corrected chi connectivity index (χ4v) is 2.41. The number of carbonyl (C=O) groups is 1. The van der Waals surface area contributed by atoms with Gasteiger partial charge in [0.25, 0.3) is 5.91 Å². The van der Waals surface area contributed by atoms with Crippen molar-refractivity contribution in [1.82, 2.24) is 14.7 Å². The smallest absolute Gasteiger partial charge is 0.257 e. The first-order chi connectivity index (χ1) is 8.95. The van der Waals surface area contributed by atoms with Crippen molar-refractivity contribution in [3.63, 3.8) is 0 Å². The Morgan fingerprint density at radius 3 is 2.53 bits per heavy atom. The molecule has 2 heterocycles. The standard InChI is InChI=1S/C14H23N3O2/c1-5-12-11(10-15-17(12)14(2,3)4)13(18)16-6-8-19-9-7-16/h10H,5-9H2,1-4H3. The van der Waals surface area contributed by atoms with Crippen LogP contribution >= 0.6 is 0 Å². The summed E-state index contributed by atoms with van der Waals surface area (Å²) in [5, 5.41) is 4.41. The van der Waals surface area contributed by atoms with Crippen LogP contribution in [0.25, 0.3) is 0 Å². The molecule has 1 fully saturated rings. The number of amides is 1. The molecule has 1 aromatic heterocycles. The fraction of sp³-hybridized carbons (Fsp3) is 0.714. The molecule has 1 aliphatic rings. The van der Waals surface area contributed by atoms with Crippen LogP contribution in [0.15, 0.2) is 6.20 Å². The molecule has 0 unspecified atom stereocenters. The van der Waals surface area contributed by atoms with E-state index in [1.807, 2.05) is 9.58 Å². The Kier molecular flexibility index (Phi) is 3.94. The van der Waals surface area contributed by atoms with Crippen LogP contribution < -0.4 is 0 Å². The molecule has 0 spiro atoms. The number of morpholine rings is 1. The second-order valence-electron chi connectivity index (χ2n) is 5.85. The maximum atomic E-state index is 12.5. The highest BCUT2D eigenvalue weighted by Gasteiger charge is 2.26. The number of hydrogen-bond donors (Lipinski definition) is 0. The van der Waals surface area contributed by atoms with Crippen molar-refractivity contribution in [3.05, 3.63) is 17.5 Å². The quantitative estimate of drug-likeness (QED) is 0.817. The van der Waals surface area contributed by atoms with E-state index >= 15 is 0 Å². The predicted octanol–water partition coefficient (Wildman–Crippen LogP) is 1.67. The van der Waals surface area contributed by atoms with Gasteiger partial charge in [0.05, 0.1) is 36.2 Å². The monoisotopic (exact) mass is 265 g/mol. The van der Waals surface area contributed by atoms with Gasteiger partial charge in [-0.25, -0.2) is 0 Å². The second-order valence-corrected chi connectivity index (χ2v) is 5.85. The number of ether oxygens (including phenoxy) is 1. The summed E-state index contributed by atoms with van der Waals surface area (Å²) in [4.78, 5) is 14.4. The molecule has 1 aliphatic heterocycles. The Bertz CT molecular complexity index is 454. The van der Waals surface area contributed by atoms with Gasteiger partial charge in [0.15, 0.2) is 0 Å². The van der Waals surface area contributed by atoms with Crippen LogP contribution in [-0.4, -0.2) is 46.9 Å². The molecule has 0 aliphatic carbocycles. The topological polar surface area (TPSA) is 47.4 Å². The lowest BCUT2D eigenvalue weighted by atomic mass is 10.1. The summed E-state index contributed by atoms with van der Waals surface area (Å²) in [5.41, 5.74) is 1.65. The molecule has 5 heteroatoms. The van der Waals surface area contributed by atoms with Gasteiger partial charge < -0.3 is 9.64 Å². The van der Waals surface area contributed by atoms with E-state index in [1.165, 1.54) is 0 Å². The fourth-order valence-electron chi connectivity index (χ4n) is 2.41. The van der Waals surface area contributed by atoms with Crippen molar-refractivity contribution in [2.45, 2.75) is 39.7 Å². The van der Waals surface area contributed by atoms with E-state index in [-0.39, 0.29) is 11.4 Å². The van der Waals surface area contributed by atoms with Crippen LogP contribution in [0.5, 0.6) is 0 Å².